The van der Waals surface area contributed by atoms with Crippen molar-refractivity contribution in [3.05, 3.63) is 118 Å². The summed E-state index contributed by atoms with van der Waals surface area (Å²) in [6.07, 6.45) is -5.30. The third-order valence-electron chi connectivity index (χ3n) is 8.16. The fourth-order valence-corrected chi connectivity index (χ4v) is 5.63. The van der Waals surface area contributed by atoms with Crippen LogP contribution in [0.4, 0.5) is 26.3 Å². The van der Waals surface area contributed by atoms with Crippen LogP contribution < -0.4 is 5.32 Å². The van der Waals surface area contributed by atoms with Gasteiger partial charge in [0.05, 0.1) is 22.8 Å². The van der Waals surface area contributed by atoms with E-state index < -0.39 is 58.9 Å². The Balaban J connectivity index is 1.67. The van der Waals surface area contributed by atoms with Gasteiger partial charge >= 0.3 is 12.4 Å². The van der Waals surface area contributed by atoms with E-state index in [1.54, 1.807) is 12.1 Å². The molecule has 2 N–H and O–H groups in total. The maximum atomic E-state index is 13.8. The average molecular weight is 646 g/mol. The van der Waals surface area contributed by atoms with Gasteiger partial charge in [-0.2, -0.15) is 26.3 Å². The maximum Gasteiger partial charge on any atom is 0.416 e. The number of aliphatic hydroxyl groups excluding tert-OH is 1. The first-order valence-corrected chi connectivity index (χ1v) is 14.8. The number of hydrogen-bond donors (Lipinski definition) is 2. The summed E-state index contributed by atoms with van der Waals surface area (Å²) < 4.78 is 81.5. The number of aliphatic hydroxyl groups is 1. The average Bonchev–Trinajstić information content (AvgIpc) is 3.02. The van der Waals surface area contributed by atoms with Crippen molar-refractivity contribution in [2.24, 2.45) is 0 Å². The Morgan fingerprint density at radius 2 is 1.33 bits per heavy atom. The summed E-state index contributed by atoms with van der Waals surface area (Å²) in [5.41, 5.74) is -2.55. The third-order valence-corrected chi connectivity index (χ3v) is 8.16. The molecule has 1 aliphatic carbocycles. The summed E-state index contributed by atoms with van der Waals surface area (Å²) in [6.45, 7) is 3.41. The molecule has 1 saturated carbocycles. The van der Waals surface area contributed by atoms with E-state index in [1.807, 2.05) is 12.1 Å². The largest absolute Gasteiger partial charge is 0.513 e. The van der Waals surface area contributed by atoms with Crippen LogP contribution >= 0.6 is 0 Å². The molecular formula is C35H33F6NO4. The van der Waals surface area contributed by atoms with Crippen LogP contribution in [0.15, 0.2) is 79.1 Å². The SMILES string of the molecule is C=C(O)CCNC(=O)c1ccc(C(CC(=O)c2ccc(C3CCCCC3)cc2)C(=O)c2cc(C(F)(F)F)cc(C(F)(F)F)c2)cc1. The predicted octanol–water partition coefficient (Wildman–Crippen LogP) is 9.20. The van der Waals surface area contributed by atoms with Crippen molar-refractivity contribution in [2.75, 3.05) is 6.54 Å². The lowest BCUT2D eigenvalue weighted by atomic mass is 9.82. The number of carbonyl (C=O) groups is 3. The molecule has 0 saturated heterocycles. The molecule has 4 rings (SSSR count). The first kappa shape index (κ1) is 34.5. The van der Waals surface area contributed by atoms with E-state index in [-0.39, 0.29) is 41.5 Å². The number of benzene rings is 3. The number of Topliss-reactive ketones (excluding diaryl/α,β-unsaturated/α-hetero) is 2. The van der Waals surface area contributed by atoms with E-state index >= 15 is 0 Å². The van der Waals surface area contributed by atoms with Crippen LogP contribution in [0.5, 0.6) is 0 Å². The van der Waals surface area contributed by atoms with Crippen molar-refractivity contribution in [1.82, 2.24) is 5.32 Å². The highest BCUT2D eigenvalue weighted by Gasteiger charge is 2.38. The van der Waals surface area contributed by atoms with Crippen molar-refractivity contribution in [2.45, 2.75) is 69.1 Å². The number of alkyl halides is 6. The van der Waals surface area contributed by atoms with Crippen molar-refractivity contribution >= 4 is 17.5 Å². The molecule has 3 aromatic rings. The summed E-state index contributed by atoms with van der Waals surface area (Å²) in [5.74, 6) is -3.38. The molecule has 11 heteroatoms. The number of rotatable bonds is 11. The van der Waals surface area contributed by atoms with Gasteiger partial charge in [-0.1, -0.05) is 62.2 Å². The van der Waals surface area contributed by atoms with Gasteiger partial charge in [0.25, 0.3) is 5.91 Å². The number of hydrogen-bond acceptors (Lipinski definition) is 4. The third kappa shape index (κ3) is 8.86. The minimum Gasteiger partial charge on any atom is -0.513 e. The molecule has 1 atom stereocenters. The first-order valence-electron chi connectivity index (χ1n) is 14.8. The van der Waals surface area contributed by atoms with Crippen LogP contribution in [0, 0.1) is 0 Å². The Hall–Kier alpha value is -4.41. The summed E-state index contributed by atoms with van der Waals surface area (Å²) in [4.78, 5) is 39.7. The molecule has 0 heterocycles. The van der Waals surface area contributed by atoms with E-state index in [9.17, 15) is 45.8 Å². The lowest BCUT2D eigenvalue weighted by Gasteiger charge is -2.22. The molecule has 1 fully saturated rings. The van der Waals surface area contributed by atoms with E-state index in [0.717, 1.165) is 31.2 Å². The maximum absolute atomic E-state index is 13.8. The molecule has 3 aromatic carbocycles. The smallest absolute Gasteiger partial charge is 0.416 e. The molecule has 0 spiro atoms. The number of nitrogens with one attached hydrogen (secondary N) is 1. The van der Waals surface area contributed by atoms with Crippen LogP contribution in [-0.4, -0.2) is 29.1 Å². The Bertz CT molecular complexity index is 1540. The van der Waals surface area contributed by atoms with Crippen LogP contribution in [0.25, 0.3) is 0 Å². The first-order chi connectivity index (χ1) is 21.6. The molecule has 0 aromatic heterocycles. The van der Waals surface area contributed by atoms with Gasteiger partial charge in [0.1, 0.15) is 0 Å². The number of ketones is 2. The summed E-state index contributed by atoms with van der Waals surface area (Å²) in [5, 5.41) is 11.8. The Morgan fingerprint density at radius 1 is 0.783 bits per heavy atom. The second-order valence-corrected chi connectivity index (χ2v) is 11.5. The van der Waals surface area contributed by atoms with E-state index in [2.05, 4.69) is 11.9 Å². The fourth-order valence-electron chi connectivity index (χ4n) is 5.63. The normalized spacial score (nSPS) is 14.8. The number of amides is 1. The van der Waals surface area contributed by atoms with E-state index in [4.69, 9.17) is 0 Å². The lowest BCUT2D eigenvalue weighted by Crippen LogP contribution is -2.25. The van der Waals surface area contributed by atoms with Crippen molar-refractivity contribution in [3.63, 3.8) is 0 Å². The van der Waals surface area contributed by atoms with Crippen LogP contribution in [-0.2, 0) is 12.4 Å². The van der Waals surface area contributed by atoms with Gasteiger partial charge in [0.2, 0.25) is 0 Å². The van der Waals surface area contributed by atoms with E-state index in [0.29, 0.717) is 18.1 Å². The molecule has 0 aliphatic heterocycles. The summed E-state index contributed by atoms with van der Waals surface area (Å²) in [7, 11) is 0. The molecule has 0 bridgehead atoms. The Kier molecular flexibility index (Phi) is 10.7. The van der Waals surface area contributed by atoms with Crippen molar-refractivity contribution in [1.29, 1.82) is 0 Å². The van der Waals surface area contributed by atoms with Gasteiger partial charge in [-0.3, -0.25) is 14.4 Å². The molecule has 1 unspecified atom stereocenters. The highest BCUT2D eigenvalue weighted by atomic mass is 19.4. The topological polar surface area (TPSA) is 83.5 Å². The molecule has 1 aliphatic rings. The minimum atomic E-state index is -5.17. The molecular weight excluding hydrogens is 612 g/mol. The van der Waals surface area contributed by atoms with Gasteiger partial charge in [0.15, 0.2) is 11.6 Å². The zero-order chi connectivity index (χ0) is 33.6. The lowest BCUT2D eigenvalue weighted by molar-refractivity contribution is -0.143. The van der Waals surface area contributed by atoms with Gasteiger partial charge in [-0.05, 0) is 60.2 Å². The highest BCUT2D eigenvalue weighted by Crippen LogP contribution is 2.38. The molecule has 0 radical (unpaired) electrons. The zero-order valence-electron chi connectivity index (χ0n) is 24.8. The van der Waals surface area contributed by atoms with Gasteiger partial charge < -0.3 is 10.4 Å². The predicted molar refractivity (Wildman–Crippen MR) is 160 cm³/mol. The standard InChI is InChI=1S/C35H33F6NO4/c1-21(43)15-16-42-33(46)26-13-9-24(10-14-26)30(20-31(44)25-11-7-23(8-12-25)22-5-3-2-4-6-22)32(45)27-17-28(34(36,37)38)19-29(18-27)35(39,40)41/h7-14,17-19,22,30,43H,1-6,15-16,20H2,(H,42,46). The van der Waals surface area contributed by atoms with Gasteiger partial charge in [0, 0.05) is 36.1 Å². The van der Waals surface area contributed by atoms with Crippen LogP contribution in [0.3, 0.4) is 0 Å². The van der Waals surface area contributed by atoms with Crippen LogP contribution in [0.1, 0.15) is 110 Å². The minimum absolute atomic E-state index is 0.0652. The highest BCUT2D eigenvalue weighted by molar-refractivity contribution is 6.06. The Labute approximate surface area is 262 Å². The monoisotopic (exact) mass is 645 g/mol. The van der Waals surface area contributed by atoms with E-state index in [1.165, 1.54) is 30.7 Å². The Morgan fingerprint density at radius 3 is 1.85 bits per heavy atom. The second-order valence-electron chi connectivity index (χ2n) is 11.5. The van der Waals surface area contributed by atoms with Crippen LogP contribution in [0.2, 0.25) is 0 Å². The summed E-state index contributed by atoms with van der Waals surface area (Å²) in [6, 6.07) is 12.9. The van der Waals surface area contributed by atoms with Crippen molar-refractivity contribution < 1.29 is 45.8 Å². The van der Waals surface area contributed by atoms with Gasteiger partial charge in [-0.25, -0.2) is 0 Å². The van der Waals surface area contributed by atoms with Crippen molar-refractivity contribution in [3.8, 4) is 0 Å². The zero-order valence-corrected chi connectivity index (χ0v) is 24.8. The second kappa shape index (κ2) is 14.3. The number of halogens is 6. The number of carbonyl (C=O) groups excluding carboxylic acids is 3. The molecule has 1 amide bonds. The fraction of sp³-hybridized carbons (Fsp3) is 0.343. The quantitative estimate of drug-likeness (QED) is 0.124. The molecule has 244 valence electrons. The summed E-state index contributed by atoms with van der Waals surface area (Å²) >= 11 is 0. The molecule has 5 nitrogen and oxygen atoms in total. The molecule has 46 heavy (non-hydrogen) atoms. The van der Waals surface area contributed by atoms with Gasteiger partial charge in [-0.15, -0.1) is 0 Å².